The lowest BCUT2D eigenvalue weighted by molar-refractivity contribution is 0.347. The minimum Gasteiger partial charge on any atom is -0.327 e. The lowest BCUT2D eigenvalue weighted by Gasteiger charge is -2.23. The van der Waals surface area contributed by atoms with Crippen LogP contribution in [-0.4, -0.2) is 6.04 Å². The summed E-state index contributed by atoms with van der Waals surface area (Å²) >= 11 is 0. The summed E-state index contributed by atoms with van der Waals surface area (Å²) in [5, 5.41) is 0. The van der Waals surface area contributed by atoms with E-state index in [0.29, 0.717) is 11.3 Å². The Morgan fingerprint density at radius 3 is 2.24 bits per heavy atom. The molecule has 2 N–H and O–H groups in total. The monoisotopic (exact) mass is 233 g/mol. The predicted molar refractivity (Wildman–Crippen MR) is 76.1 cm³/mol. The number of benzene rings is 1. The molecule has 0 amide bonds. The van der Waals surface area contributed by atoms with Crippen LogP contribution in [0.4, 0.5) is 0 Å². The Morgan fingerprint density at radius 1 is 1.12 bits per heavy atom. The van der Waals surface area contributed by atoms with Crippen LogP contribution in [0.15, 0.2) is 30.3 Å². The van der Waals surface area contributed by atoms with Crippen LogP contribution in [0.25, 0.3) is 0 Å². The van der Waals surface area contributed by atoms with Gasteiger partial charge in [0.05, 0.1) is 0 Å². The molecule has 1 rings (SSSR count). The Kier molecular flexibility index (Phi) is 5.20. The van der Waals surface area contributed by atoms with Crippen molar-refractivity contribution >= 4 is 0 Å². The van der Waals surface area contributed by atoms with Crippen molar-refractivity contribution in [3.8, 4) is 0 Å². The molecule has 1 heteroatoms. The van der Waals surface area contributed by atoms with Crippen molar-refractivity contribution in [1.82, 2.24) is 0 Å². The highest BCUT2D eigenvalue weighted by Crippen LogP contribution is 2.25. The van der Waals surface area contributed by atoms with Crippen LogP contribution in [0.2, 0.25) is 0 Å². The first kappa shape index (κ1) is 14.2. The smallest absolute Gasteiger partial charge is 0.0105 e. The van der Waals surface area contributed by atoms with Gasteiger partial charge in [-0.2, -0.15) is 0 Å². The van der Waals surface area contributed by atoms with Gasteiger partial charge in [-0.15, -0.1) is 0 Å². The van der Waals surface area contributed by atoms with E-state index in [1.165, 1.54) is 18.4 Å². The molecule has 1 aromatic rings. The van der Waals surface area contributed by atoms with E-state index >= 15 is 0 Å². The SMILES string of the molecule is CC(c1ccccc1)C(N)CCCC(C)(C)C. The van der Waals surface area contributed by atoms with E-state index in [-0.39, 0.29) is 6.04 Å². The van der Waals surface area contributed by atoms with Gasteiger partial charge in [-0.1, -0.05) is 64.4 Å². The molecule has 0 heterocycles. The summed E-state index contributed by atoms with van der Waals surface area (Å²) in [6.45, 7) is 9.11. The molecular formula is C16H27N. The summed E-state index contributed by atoms with van der Waals surface area (Å²) < 4.78 is 0. The van der Waals surface area contributed by atoms with E-state index < -0.39 is 0 Å². The van der Waals surface area contributed by atoms with Crippen molar-refractivity contribution in [2.45, 2.75) is 58.9 Å². The van der Waals surface area contributed by atoms with Gasteiger partial charge < -0.3 is 5.73 Å². The van der Waals surface area contributed by atoms with Crippen molar-refractivity contribution in [3.63, 3.8) is 0 Å². The maximum atomic E-state index is 6.28. The Labute approximate surface area is 106 Å². The third kappa shape index (κ3) is 5.36. The Morgan fingerprint density at radius 2 is 1.71 bits per heavy atom. The van der Waals surface area contributed by atoms with E-state index in [1.54, 1.807) is 0 Å². The van der Waals surface area contributed by atoms with E-state index in [9.17, 15) is 0 Å². The van der Waals surface area contributed by atoms with Crippen LogP contribution in [0.3, 0.4) is 0 Å². The lowest BCUT2D eigenvalue weighted by Crippen LogP contribution is -2.27. The van der Waals surface area contributed by atoms with E-state index in [2.05, 4.69) is 58.0 Å². The largest absolute Gasteiger partial charge is 0.327 e. The normalized spacial score (nSPS) is 15.6. The molecule has 0 aromatic heterocycles. The van der Waals surface area contributed by atoms with Gasteiger partial charge in [-0.3, -0.25) is 0 Å². The molecule has 0 aliphatic carbocycles. The first-order valence-electron chi connectivity index (χ1n) is 6.71. The molecule has 17 heavy (non-hydrogen) atoms. The first-order chi connectivity index (χ1) is 7.90. The lowest BCUT2D eigenvalue weighted by atomic mass is 9.86. The summed E-state index contributed by atoms with van der Waals surface area (Å²) in [4.78, 5) is 0. The third-order valence-corrected chi connectivity index (χ3v) is 3.43. The van der Waals surface area contributed by atoms with Crippen LogP contribution in [-0.2, 0) is 0 Å². The van der Waals surface area contributed by atoms with Gasteiger partial charge in [0.15, 0.2) is 0 Å². The number of nitrogens with two attached hydrogens (primary N) is 1. The van der Waals surface area contributed by atoms with Crippen molar-refractivity contribution in [3.05, 3.63) is 35.9 Å². The molecule has 0 aliphatic rings. The van der Waals surface area contributed by atoms with Crippen LogP contribution in [0, 0.1) is 5.41 Å². The summed E-state index contributed by atoms with van der Waals surface area (Å²) in [7, 11) is 0. The van der Waals surface area contributed by atoms with Gasteiger partial charge in [-0.25, -0.2) is 0 Å². The molecule has 0 fully saturated rings. The number of hydrogen-bond donors (Lipinski definition) is 1. The maximum absolute atomic E-state index is 6.28. The van der Waals surface area contributed by atoms with Crippen LogP contribution in [0.5, 0.6) is 0 Å². The number of rotatable bonds is 5. The zero-order chi connectivity index (χ0) is 12.9. The van der Waals surface area contributed by atoms with E-state index in [4.69, 9.17) is 5.73 Å². The van der Waals surface area contributed by atoms with E-state index in [1.807, 2.05) is 0 Å². The molecule has 0 spiro atoms. The molecule has 0 aliphatic heterocycles. The highest BCUT2D eigenvalue weighted by molar-refractivity contribution is 5.20. The summed E-state index contributed by atoms with van der Waals surface area (Å²) in [5.41, 5.74) is 8.06. The molecule has 1 nitrogen and oxygen atoms in total. The third-order valence-electron chi connectivity index (χ3n) is 3.43. The van der Waals surface area contributed by atoms with Gasteiger partial charge in [0.25, 0.3) is 0 Å². The predicted octanol–water partition coefficient (Wildman–Crippen LogP) is 4.33. The van der Waals surface area contributed by atoms with Gasteiger partial charge in [-0.05, 0) is 29.7 Å². The molecule has 96 valence electrons. The van der Waals surface area contributed by atoms with Crippen molar-refractivity contribution in [2.24, 2.45) is 11.1 Å². The molecule has 2 atom stereocenters. The molecule has 0 radical (unpaired) electrons. The van der Waals surface area contributed by atoms with Gasteiger partial charge in [0, 0.05) is 6.04 Å². The maximum Gasteiger partial charge on any atom is 0.0105 e. The zero-order valence-corrected chi connectivity index (χ0v) is 11.7. The van der Waals surface area contributed by atoms with Crippen molar-refractivity contribution in [2.75, 3.05) is 0 Å². The minimum atomic E-state index is 0.278. The van der Waals surface area contributed by atoms with Gasteiger partial charge >= 0.3 is 0 Å². The highest BCUT2D eigenvalue weighted by atomic mass is 14.6. The molecule has 2 unspecified atom stereocenters. The second-order valence-corrected chi connectivity index (χ2v) is 6.32. The second-order valence-electron chi connectivity index (χ2n) is 6.32. The summed E-state index contributed by atoms with van der Waals surface area (Å²) in [6.07, 6.45) is 3.59. The molecule has 1 aromatic carbocycles. The fourth-order valence-corrected chi connectivity index (χ4v) is 2.12. The number of hydrogen-bond acceptors (Lipinski definition) is 1. The minimum absolute atomic E-state index is 0.278. The van der Waals surface area contributed by atoms with Crippen LogP contribution < -0.4 is 5.73 Å². The standard InChI is InChI=1S/C16H27N/c1-13(14-9-6-5-7-10-14)15(17)11-8-12-16(2,3)4/h5-7,9-10,13,15H,8,11-12,17H2,1-4H3. The Bertz CT molecular complexity index is 310. The molecule has 0 bridgehead atoms. The van der Waals surface area contributed by atoms with Crippen LogP contribution >= 0.6 is 0 Å². The average molecular weight is 233 g/mol. The average Bonchev–Trinajstić information content (AvgIpc) is 2.27. The summed E-state index contributed by atoms with van der Waals surface area (Å²) in [6, 6.07) is 10.9. The molecule has 0 saturated carbocycles. The van der Waals surface area contributed by atoms with Gasteiger partial charge in [0.1, 0.15) is 0 Å². The van der Waals surface area contributed by atoms with Gasteiger partial charge in [0.2, 0.25) is 0 Å². The topological polar surface area (TPSA) is 26.0 Å². The first-order valence-corrected chi connectivity index (χ1v) is 6.71. The van der Waals surface area contributed by atoms with Crippen molar-refractivity contribution in [1.29, 1.82) is 0 Å². The quantitative estimate of drug-likeness (QED) is 0.804. The fraction of sp³-hybridized carbons (Fsp3) is 0.625. The van der Waals surface area contributed by atoms with E-state index in [0.717, 1.165) is 6.42 Å². The highest BCUT2D eigenvalue weighted by Gasteiger charge is 2.16. The Balaban J connectivity index is 2.40. The molecular weight excluding hydrogens is 206 g/mol. The Hall–Kier alpha value is -0.820. The second kappa shape index (κ2) is 6.20. The fourth-order valence-electron chi connectivity index (χ4n) is 2.12. The molecule has 0 saturated heterocycles. The van der Waals surface area contributed by atoms with Crippen LogP contribution in [0.1, 0.15) is 58.4 Å². The zero-order valence-electron chi connectivity index (χ0n) is 11.7. The summed E-state index contributed by atoms with van der Waals surface area (Å²) in [5.74, 6) is 0.455. The van der Waals surface area contributed by atoms with Crippen molar-refractivity contribution < 1.29 is 0 Å².